The fourth-order valence-electron chi connectivity index (χ4n) is 8.32. The van der Waals surface area contributed by atoms with Crippen molar-refractivity contribution in [3.63, 3.8) is 0 Å². The van der Waals surface area contributed by atoms with Gasteiger partial charge in [-0.1, -0.05) is 49.8 Å². The predicted molar refractivity (Wildman–Crippen MR) is 243 cm³/mol. The summed E-state index contributed by atoms with van der Waals surface area (Å²) in [6.45, 7) is 7.87. The third kappa shape index (κ3) is 11.1. The zero-order valence-electron chi connectivity index (χ0n) is 38.7. The molecule has 7 rings (SSSR count). The largest absolute Gasteiger partial charge is 0.493 e. The van der Waals surface area contributed by atoms with Gasteiger partial charge in [0.15, 0.2) is 17.0 Å². The molecule has 1 saturated carbocycles. The van der Waals surface area contributed by atoms with Crippen LogP contribution in [0.3, 0.4) is 0 Å². The third-order valence-electron chi connectivity index (χ3n) is 12.4. The summed E-state index contributed by atoms with van der Waals surface area (Å²) in [7, 11) is -4.20. The molecular weight excluding hydrogens is 910 g/mol. The second kappa shape index (κ2) is 19.5. The van der Waals surface area contributed by atoms with Crippen molar-refractivity contribution in [2.24, 2.45) is 5.92 Å². The number of likely N-dealkylation sites (tertiary alicyclic amines) is 1. The Morgan fingerprint density at radius 2 is 1.79 bits per heavy atom. The van der Waals surface area contributed by atoms with E-state index in [-0.39, 0.29) is 36.9 Å². The summed E-state index contributed by atoms with van der Waals surface area (Å²) in [5.41, 5.74) is -5.65. The number of rotatable bonds is 18. The van der Waals surface area contributed by atoms with Crippen LogP contribution >= 0.6 is 0 Å². The molecule has 4 unspecified atom stereocenters. The molecule has 16 nitrogen and oxygen atoms in total. The predicted octanol–water partition coefficient (Wildman–Crippen LogP) is 6.31. The quantitative estimate of drug-likeness (QED) is 0.0730. The van der Waals surface area contributed by atoms with Crippen LogP contribution in [0.15, 0.2) is 54.7 Å². The van der Waals surface area contributed by atoms with E-state index in [9.17, 15) is 40.8 Å². The van der Waals surface area contributed by atoms with E-state index < -0.39 is 98.0 Å². The van der Waals surface area contributed by atoms with Crippen LogP contribution in [-0.2, 0) is 41.7 Å². The normalized spacial score (nSPS) is 22.6. The molecule has 2 fully saturated rings. The smallest absolute Gasteiger partial charge is 0.437 e. The minimum atomic E-state index is -4.98. The fraction of sp³-hybridized carbons (Fsp3) is 0.542. The highest BCUT2D eigenvalue weighted by Crippen LogP contribution is 2.49. The van der Waals surface area contributed by atoms with Gasteiger partial charge in [0, 0.05) is 36.1 Å². The Balaban J connectivity index is 1.17. The molecule has 366 valence electrons. The number of ether oxygens (including phenoxy) is 4. The van der Waals surface area contributed by atoms with E-state index in [1.54, 1.807) is 63.4 Å². The molecular formula is C48H57F3N6O10S. The van der Waals surface area contributed by atoms with Gasteiger partial charge in [-0.3, -0.25) is 14.4 Å². The number of halogens is 3. The zero-order valence-corrected chi connectivity index (χ0v) is 39.5. The number of alkyl carbamates (subject to hydrolysis) is 1. The maximum Gasteiger partial charge on any atom is 0.437 e. The number of allylic oxidation sites excluding steroid dienone is 1. The summed E-state index contributed by atoms with van der Waals surface area (Å²) < 4.78 is 95.7. The number of hydrogen-bond acceptors (Lipinski definition) is 12. The van der Waals surface area contributed by atoms with Gasteiger partial charge in [0.1, 0.15) is 29.5 Å². The molecule has 2 aliphatic heterocycles. The van der Waals surface area contributed by atoms with Crippen molar-refractivity contribution in [1.29, 1.82) is 0 Å². The summed E-state index contributed by atoms with van der Waals surface area (Å²) in [5, 5.41) is 5.40. The molecule has 4 amide bonds. The molecule has 1 aromatic carbocycles. The number of amides is 4. The summed E-state index contributed by atoms with van der Waals surface area (Å²) >= 11 is 0. The van der Waals surface area contributed by atoms with E-state index in [0.717, 1.165) is 24.2 Å². The lowest BCUT2D eigenvalue weighted by molar-refractivity contribution is -0.144. The first kappa shape index (κ1) is 49.8. The molecule has 2 aliphatic carbocycles. The first-order valence-corrected chi connectivity index (χ1v) is 24.3. The SMILES string of the molecule is CCCCCC=CC1C#CC1(NC(=O)C1CC2(CCc3c(c(C(F)(F)F)nc4ccc(OCCCOc5ccccn5)cc34)O2)CN1C(=O)CNC(=O)OC(C)(C)C)C(=O)NS(=O)(=O)C1(C)CC1. The molecule has 4 atom stereocenters. The Hall–Kier alpha value is -6.10. The highest BCUT2D eigenvalue weighted by molar-refractivity contribution is 7.91. The van der Waals surface area contributed by atoms with Gasteiger partial charge in [0.2, 0.25) is 27.7 Å². The van der Waals surface area contributed by atoms with Crippen LogP contribution in [-0.4, -0.2) is 101 Å². The van der Waals surface area contributed by atoms with Crippen LogP contribution in [0.1, 0.15) is 104 Å². The summed E-state index contributed by atoms with van der Waals surface area (Å²) in [6, 6.07) is 8.34. The number of aryl methyl sites for hydroxylation is 1. The van der Waals surface area contributed by atoms with Crippen molar-refractivity contribution in [1.82, 2.24) is 30.2 Å². The van der Waals surface area contributed by atoms with E-state index in [0.29, 0.717) is 49.3 Å². The molecule has 1 saturated heterocycles. The lowest BCUT2D eigenvalue weighted by atomic mass is 9.75. The average molecular weight is 967 g/mol. The molecule has 2 aromatic heterocycles. The number of pyridine rings is 2. The van der Waals surface area contributed by atoms with E-state index in [1.165, 1.54) is 19.1 Å². The average Bonchev–Trinajstić information content (AvgIpc) is 3.94. The van der Waals surface area contributed by atoms with Gasteiger partial charge in [-0.2, -0.15) is 13.2 Å². The number of fused-ring (bicyclic) bond motifs is 3. The van der Waals surface area contributed by atoms with Gasteiger partial charge in [-0.25, -0.2) is 27.9 Å². The van der Waals surface area contributed by atoms with Crippen LogP contribution < -0.4 is 29.6 Å². The van der Waals surface area contributed by atoms with Crippen molar-refractivity contribution in [3.8, 4) is 29.2 Å². The van der Waals surface area contributed by atoms with Gasteiger partial charge >= 0.3 is 12.3 Å². The van der Waals surface area contributed by atoms with Crippen LogP contribution in [0.2, 0.25) is 0 Å². The molecule has 20 heteroatoms. The number of hydrogen-bond donors (Lipinski definition) is 3. The van der Waals surface area contributed by atoms with Crippen LogP contribution in [0.4, 0.5) is 18.0 Å². The number of nitrogens with zero attached hydrogens (tertiary/aromatic N) is 3. The number of nitrogens with one attached hydrogen (secondary N) is 3. The van der Waals surface area contributed by atoms with Crippen molar-refractivity contribution in [3.05, 3.63) is 66.0 Å². The summed E-state index contributed by atoms with van der Waals surface area (Å²) in [5.74, 6) is 2.02. The minimum absolute atomic E-state index is 0.00464. The molecule has 4 aliphatic rings. The Bertz CT molecular complexity index is 2630. The molecule has 0 bridgehead atoms. The van der Waals surface area contributed by atoms with Gasteiger partial charge in [0.05, 0.1) is 35.9 Å². The molecule has 3 N–H and O–H groups in total. The maximum atomic E-state index is 14.9. The van der Waals surface area contributed by atoms with E-state index in [4.69, 9.17) is 18.9 Å². The summed E-state index contributed by atoms with van der Waals surface area (Å²) in [4.78, 5) is 64.8. The highest BCUT2D eigenvalue weighted by atomic mass is 32.2. The molecule has 68 heavy (non-hydrogen) atoms. The highest BCUT2D eigenvalue weighted by Gasteiger charge is 2.58. The zero-order chi connectivity index (χ0) is 49.1. The Morgan fingerprint density at radius 3 is 2.46 bits per heavy atom. The van der Waals surface area contributed by atoms with E-state index >= 15 is 0 Å². The summed E-state index contributed by atoms with van der Waals surface area (Å²) in [6.07, 6.45) is 3.31. The fourth-order valence-corrected chi connectivity index (χ4v) is 9.61. The standard InChI is InChI=1S/C48H57F3N6O10S/c1-6-7-8-9-10-14-31-18-21-47(31,42(60)56-68(62,63)45(5)22-23-45)55-41(59)36-28-46(30-57(36)38(58)29-53-43(61)67-44(2,3)4)20-19-33-34-27-32(64-25-13-26-65-37-15-11-12-24-52-37)16-17-35(34)54-40(39(33)66-46)48(49,50)51/h10-12,14-17,24,27,31,36H,6-9,13,19-20,22-23,25-26,28-30H2,1-5H3,(H,53,61)(H,55,59)(H,56,60). The van der Waals surface area contributed by atoms with Crippen molar-refractivity contribution in [2.45, 2.75) is 133 Å². The number of carbonyl (C=O) groups is 4. The van der Waals surface area contributed by atoms with Gasteiger partial charge in [0.25, 0.3) is 5.91 Å². The number of sulfonamides is 1. The van der Waals surface area contributed by atoms with Crippen molar-refractivity contribution in [2.75, 3.05) is 26.3 Å². The first-order chi connectivity index (χ1) is 32.1. The third-order valence-corrected chi connectivity index (χ3v) is 14.5. The number of unbranched alkanes of at least 4 members (excludes halogenated alkanes) is 3. The number of benzene rings is 1. The monoisotopic (exact) mass is 966 g/mol. The van der Waals surface area contributed by atoms with Crippen LogP contribution in [0.25, 0.3) is 10.9 Å². The van der Waals surface area contributed by atoms with Crippen molar-refractivity contribution >= 4 is 44.7 Å². The van der Waals surface area contributed by atoms with Gasteiger partial charge in [-0.05, 0) is 90.5 Å². The van der Waals surface area contributed by atoms with Crippen LogP contribution in [0.5, 0.6) is 17.4 Å². The molecule has 1 spiro atoms. The lowest BCUT2D eigenvalue weighted by Crippen LogP contribution is -2.68. The molecule has 4 heterocycles. The second-order valence-corrected chi connectivity index (χ2v) is 21.1. The second-order valence-electron chi connectivity index (χ2n) is 18.9. The Morgan fingerprint density at radius 1 is 1.03 bits per heavy atom. The maximum absolute atomic E-state index is 14.9. The van der Waals surface area contributed by atoms with Gasteiger partial charge < -0.3 is 34.5 Å². The van der Waals surface area contributed by atoms with Gasteiger partial charge in [-0.15, -0.1) is 0 Å². The van der Waals surface area contributed by atoms with E-state index in [1.807, 2.05) is 6.92 Å². The first-order valence-electron chi connectivity index (χ1n) is 22.8. The topological polar surface area (TPSA) is 204 Å². The number of aromatic nitrogens is 2. The number of alkyl halides is 3. The Labute approximate surface area is 393 Å². The number of carbonyl (C=O) groups excluding carboxylic acids is 4. The molecule has 0 radical (unpaired) electrons. The minimum Gasteiger partial charge on any atom is -0.493 e. The van der Waals surface area contributed by atoms with E-state index in [2.05, 4.69) is 37.2 Å². The lowest BCUT2D eigenvalue weighted by Gasteiger charge is -2.38. The van der Waals surface area contributed by atoms with Crippen LogP contribution in [0, 0.1) is 17.8 Å². The van der Waals surface area contributed by atoms with Crippen molar-refractivity contribution < 1.29 is 59.7 Å². The Kier molecular flexibility index (Phi) is 14.3. The molecule has 3 aromatic rings.